The first-order valence-corrected chi connectivity index (χ1v) is 5.93. The summed E-state index contributed by atoms with van der Waals surface area (Å²) in [5.41, 5.74) is 7.99. The predicted molar refractivity (Wildman–Crippen MR) is 65.8 cm³/mol. The van der Waals surface area contributed by atoms with Crippen molar-refractivity contribution in [2.75, 3.05) is 6.54 Å². The summed E-state index contributed by atoms with van der Waals surface area (Å²) in [6.45, 7) is 0.451. The van der Waals surface area contributed by atoms with Crippen molar-refractivity contribution in [1.29, 1.82) is 0 Å². The zero-order valence-electron chi connectivity index (χ0n) is 9.57. The van der Waals surface area contributed by atoms with E-state index < -0.39 is 0 Å². The molecule has 1 heterocycles. The Kier molecular flexibility index (Phi) is 2.26. The number of carbonyl (C=O) groups is 1. The fourth-order valence-electron chi connectivity index (χ4n) is 2.51. The van der Waals surface area contributed by atoms with Crippen LogP contribution in [0.1, 0.15) is 29.6 Å². The molecule has 3 N–H and O–H groups in total. The second-order valence-corrected chi connectivity index (χ2v) is 4.80. The average molecular weight is 229 g/mol. The molecule has 1 aliphatic rings. The lowest BCUT2D eigenvalue weighted by molar-refractivity contribution is 0.0636. The molecule has 1 fully saturated rings. The summed E-state index contributed by atoms with van der Waals surface area (Å²) < 4.78 is 0. The van der Waals surface area contributed by atoms with Crippen LogP contribution in [0.15, 0.2) is 24.5 Å². The van der Waals surface area contributed by atoms with Crippen molar-refractivity contribution in [3.8, 4) is 0 Å². The molecule has 0 aliphatic heterocycles. The maximum atomic E-state index is 12.4. The summed E-state index contributed by atoms with van der Waals surface area (Å²) in [7, 11) is 0. The Bertz CT molecular complexity index is 563. The van der Waals surface area contributed by atoms with Crippen molar-refractivity contribution in [2.45, 2.75) is 19.3 Å². The molecule has 3 rings (SSSR count). The molecule has 0 radical (unpaired) electrons. The number of benzene rings is 1. The second kappa shape index (κ2) is 3.67. The zero-order chi connectivity index (χ0) is 11.9. The van der Waals surface area contributed by atoms with Crippen molar-refractivity contribution in [3.05, 3.63) is 30.1 Å². The van der Waals surface area contributed by atoms with Crippen molar-refractivity contribution in [2.24, 2.45) is 11.1 Å². The van der Waals surface area contributed by atoms with E-state index in [2.05, 4.69) is 9.97 Å². The Morgan fingerprint density at radius 3 is 2.94 bits per heavy atom. The van der Waals surface area contributed by atoms with Gasteiger partial charge < -0.3 is 10.7 Å². The van der Waals surface area contributed by atoms with Gasteiger partial charge in [0.1, 0.15) is 0 Å². The molecule has 0 bridgehead atoms. The van der Waals surface area contributed by atoms with Crippen LogP contribution in [0.25, 0.3) is 11.0 Å². The van der Waals surface area contributed by atoms with Crippen LogP contribution in [0, 0.1) is 5.41 Å². The van der Waals surface area contributed by atoms with E-state index in [1.54, 1.807) is 6.33 Å². The van der Waals surface area contributed by atoms with E-state index in [1.807, 2.05) is 18.2 Å². The summed E-state index contributed by atoms with van der Waals surface area (Å²) >= 11 is 0. The van der Waals surface area contributed by atoms with Crippen molar-refractivity contribution >= 4 is 16.8 Å². The van der Waals surface area contributed by atoms with Crippen molar-refractivity contribution in [1.82, 2.24) is 9.97 Å². The molecule has 1 aliphatic carbocycles. The molecule has 1 aromatic carbocycles. The maximum Gasteiger partial charge on any atom is 0.170 e. The molecule has 4 nitrogen and oxygen atoms in total. The highest BCUT2D eigenvalue weighted by Crippen LogP contribution is 2.42. The Morgan fingerprint density at radius 2 is 2.29 bits per heavy atom. The standard InChI is InChI=1S/C13H15N3O/c14-7-13(4-1-5-13)12(17)9-2-3-10-11(6-9)16-8-15-10/h2-3,6,8H,1,4-5,7,14H2,(H,15,16). The molecular weight excluding hydrogens is 214 g/mol. The van der Waals surface area contributed by atoms with Gasteiger partial charge in [-0.3, -0.25) is 4.79 Å². The molecular formula is C13H15N3O. The van der Waals surface area contributed by atoms with Gasteiger partial charge in [-0.1, -0.05) is 6.42 Å². The van der Waals surface area contributed by atoms with Crippen LogP contribution in [0.2, 0.25) is 0 Å². The third-order valence-electron chi connectivity index (χ3n) is 3.87. The van der Waals surface area contributed by atoms with Gasteiger partial charge in [0.15, 0.2) is 5.78 Å². The number of aromatic amines is 1. The lowest BCUT2D eigenvalue weighted by atomic mass is 9.64. The molecule has 2 aromatic rings. The number of aromatic nitrogens is 2. The van der Waals surface area contributed by atoms with E-state index >= 15 is 0 Å². The van der Waals surface area contributed by atoms with Crippen LogP contribution in [0.3, 0.4) is 0 Å². The van der Waals surface area contributed by atoms with E-state index in [4.69, 9.17) is 5.73 Å². The number of Topliss-reactive ketones (excluding diaryl/α,β-unsaturated/α-hetero) is 1. The highest BCUT2D eigenvalue weighted by atomic mass is 16.1. The van der Waals surface area contributed by atoms with Crippen LogP contribution in [-0.2, 0) is 0 Å². The largest absolute Gasteiger partial charge is 0.345 e. The van der Waals surface area contributed by atoms with E-state index in [0.29, 0.717) is 6.54 Å². The van der Waals surface area contributed by atoms with Crippen LogP contribution in [0.5, 0.6) is 0 Å². The number of imidazole rings is 1. The molecule has 0 amide bonds. The summed E-state index contributed by atoms with van der Waals surface area (Å²) in [5, 5.41) is 0. The van der Waals surface area contributed by atoms with E-state index in [9.17, 15) is 4.79 Å². The number of nitrogens with zero attached hydrogens (tertiary/aromatic N) is 1. The monoisotopic (exact) mass is 229 g/mol. The molecule has 0 saturated heterocycles. The number of hydrogen-bond acceptors (Lipinski definition) is 3. The number of H-pyrrole nitrogens is 1. The molecule has 88 valence electrons. The van der Waals surface area contributed by atoms with Crippen LogP contribution >= 0.6 is 0 Å². The predicted octanol–water partition coefficient (Wildman–Crippen LogP) is 1.87. The minimum Gasteiger partial charge on any atom is -0.345 e. The van der Waals surface area contributed by atoms with Gasteiger partial charge >= 0.3 is 0 Å². The number of ketones is 1. The smallest absolute Gasteiger partial charge is 0.170 e. The zero-order valence-corrected chi connectivity index (χ0v) is 9.57. The Hall–Kier alpha value is -1.68. The minimum absolute atomic E-state index is 0.183. The Balaban J connectivity index is 2.00. The molecule has 0 spiro atoms. The first-order valence-electron chi connectivity index (χ1n) is 5.93. The number of fused-ring (bicyclic) bond motifs is 1. The topological polar surface area (TPSA) is 71.8 Å². The fraction of sp³-hybridized carbons (Fsp3) is 0.385. The second-order valence-electron chi connectivity index (χ2n) is 4.80. The van der Waals surface area contributed by atoms with Gasteiger partial charge in [0.05, 0.1) is 17.4 Å². The molecule has 1 saturated carbocycles. The third kappa shape index (κ3) is 1.48. The minimum atomic E-state index is -0.298. The number of nitrogens with two attached hydrogens (primary N) is 1. The lowest BCUT2D eigenvalue weighted by Crippen LogP contribution is -2.44. The first-order chi connectivity index (χ1) is 8.25. The fourth-order valence-corrected chi connectivity index (χ4v) is 2.51. The number of carbonyl (C=O) groups excluding carboxylic acids is 1. The van der Waals surface area contributed by atoms with Gasteiger partial charge in [0.25, 0.3) is 0 Å². The molecule has 0 unspecified atom stereocenters. The first kappa shape index (κ1) is 10.5. The van der Waals surface area contributed by atoms with Crippen molar-refractivity contribution < 1.29 is 4.79 Å². The maximum absolute atomic E-state index is 12.4. The van der Waals surface area contributed by atoms with Gasteiger partial charge in [-0.15, -0.1) is 0 Å². The number of rotatable bonds is 3. The normalized spacial score (nSPS) is 17.9. The Morgan fingerprint density at radius 1 is 1.47 bits per heavy atom. The van der Waals surface area contributed by atoms with Crippen molar-refractivity contribution in [3.63, 3.8) is 0 Å². The Labute approximate surface area is 99.2 Å². The van der Waals surface area contributed by atoms with Crippen LogP contribution < -0.4 is 5.73 Å². The van der Waals surface area contributed by atoms with Gasteiger partial charge in [-0.2, -0.15) is 0 Å². The molecule has 4 heteroatoms. The quantitative estimate of drug-likeness (QED) is 0.789. The van der Waals surface area contributed by atoms with E-state index in [1.165, 1.54) is 0 Å². The molecule has 17 heavy (non-hydrogen) atoms. The lowest BCUT2D eigenvalue weighted by Gasteiger charge is -2.39. The summed E-state index contributed by atoms with van der Waals surface area (Å²) in [6, 6.07) is 5.60. The van der Waals surface area contributed by atoms with Gasteiger partial charge in [0.2, 0.25) is 0 Å². The third-order valence-corrected chi connectivity index (χ3v) is 3.87. The van der Waals surface area contributed by atoms with Crippen LogP contribution in [-0.4, -0.2) is 22.3 Å². The SMILES string of the molecule is NCC1(C(=O)c2ccc3nc[nH]c3c2)CCC1. The van der Waals surface area contributed by atoms with Gasteiger partial charge in [-0.25, -0.2) is 4.98 Å². The number of nitrogens with one attached hydrogen (secondary N) is 1. The average Bonchev–Trinajstić information content (AvgIpc) is 2.74. The summed E-state index contributed by atoms with van der Waals surface area (Å²) in [5.74, 6) is 0.183. The van der Waals surface area contributed by atoms with Gasteiger partial charge in [0, 0.05) is 17.5 Å². The van der Waals surface area contributed by atoms with E-state index in [0.717, 1.165) is 35.9 Å². The van der Waals surface area contributed by atoms with Crippen LogP contribution in [0.4, 0.5) is 0 Å². The van der Waals surface area contributed by atoms with E-state index in [-0.39, 0.29) is 11.2 Å². The molecule has 1 aromatic heterocycles. The highest BCUT2D eigenvalue weighted by Gasteiger charge is 2.42. The highest BCUT2D eigenvalue weighted by molar-refractivity contribution is 6.03. The number of hydrogen-bond donors (Lipinski definition) is 2. The van der Waals surface area contributed by atoms with Gasteiger partial charge in [-0.05, 0) is 31.0 Å². The summed E-state index contributed by atoms with van der Waals surface area (Å²) in [4.78, 5) is 19.6. The molecule has 0 atom stereocenters. The summed E-state index contributed by atoms with van der Waals surface area (Å²) in [6.07, 6.45) is 4.59.